The Morgan fingerprint density at radius 2 is 0.542 bits per heavy atom. The number of aryl methyl sites for hydroxylation is 10. The average Bonchev–Trinajstić information content (AvgIpc) is 1.07. The summed E-state index contributed by atoms with van der Waals surface area (Å²) >= 11 is -9.41. The van der Waals surface area contributed by atoms with Crippen molar-refractivity contribution in [1.82, 2.24) is 0 Å². The zero-order chi connectivity index (χ0) is 86.4. The zero-order valence-corrected chi connectivity index (χ0v) is 90.4. The second-order valence-electron chi connectivity index (χ2n) is 41.5. The van der Waals surface area contributed by atoms with E-state index in [2.05, 4.69) is 389 Å². The molecule has 3 aliphatic carbocycles. The molecule has 1 atom stereocenters. The summed E-state index contributed by atoms with van der Waals surface area (Å²) in [6, 6.07) is 56.4. The molecule has 1 unspecified atom stereocenters. The first-order valence-corrected chi connectivity index (χ1v) is 82.8. The Labute approximate surface area is 734 Å². The van der Waals surface area contributed by atoms with Crippen LogP contribution in [0.4, 0.5) is 0 Å². The van der Waals surface area contributed by atoms with E-state index >= 15 is 0 Å². The topological polar surface area (TPSA) is 19.4 Å². The van der Waals surface area contributed by atoms with Crippen LogP contribution in [0.15, 0.2) is 183 Å². The van der Waals surface area contributed by atoms with Gasteiger partial charge in [-0.1, -0.05) is 0 Å². The molecule has 13 rings (SSSR count). The Kier molecular flexibility index (Phi) is 34.9. The van der Waals surface area contributed by atoms with E-state index in [9.17, 15) is 0 Å². The molecule has 0 amide bonds. The van der Waals surface area contributed by atoms with E-state index in [1.54, 1.807) is 49.8 Å². The van der Waals surface area contributed by atoms with E-state index in [1.807, 2.05) is 0 Å². The molecule has 0 spiro atoms. The number of hydrogen-bond donors (Lipinski definition) is 0. The van der Waals surface area contributed by atoms with Crippen LogP contribution in [-0.2, 0) is 54.5 Å². The number of hydrogen-bond acceptors (Lipinski definition) is 0. The molecule has 0 radical (unpaired) electrons. The fourth-order valence-corrected chi connectivity index (χ4v) is 37.1. The van der Waals surface area contributed by atoms with Gasteiger partial charge in [0.15, 0.2) is 0 Å². The number of pyridine rings is 5. The van der Waals surface area contributed by atoms with Crippen molar-refractivity contribution in [1.29, 1.82) is 0 Å². The van der Waals surface area contributed by atoms with Gasteiger partial charge in [-0.15, -0.1) is 0 Å². The maximum absolute atomic E-state index is 2.55. The van der Waals surface area contributed by atoms with Crippen LogP contribution in [-0.4, -0.2) is 66.3 Å². The SMILES string of the molecule is CCC(C)Cc1cc(-c2ccccc2C)[n+](C)c[c]1[Ge]([CH3])([CH3])[CH3].CCC(CC)Cc1cc(-c2ccccc2C)[n+](C)c[c]1[Ge]([CH3])([CH3])[CH3].Cc1ccccc1-c1cc(C2CCCC2)[c]([Ge]([CH3])([CH3])[CH3])c[n+]1C.Cc1ccccc1-c1cc(C2CCCCC2)[c]([Ge]([CH3])([CH3])[CH3])c[n+]1C.Cc1ccccc1-c1cc(CC2CCCC2)[c]([Ge]([CH3])([CH3])[CH3])c[n+]1C. The van der Waals surface area contributed by atoms with Gasteiger partial charge in [-0.05, 0) is 0 Å². The van der Waals surface area contributed by atoms with Crippen molar-refractivity contribution in [3.05, 3.63) is 238 Å². The summed E-state index contributed by atoms with van der Waals surface area (Å²) in [6.45, 7) is 20.4. The molecule has 5 nitrogen and oxygen atoms in total. The van der Waals surface area contributed by atoms with Crippen LogP contribution in [0.25, 0.3) is 56.3 Å². The van der Waals surface area contributed by atoms with Crippen molar-refractivity contribution in [3.63, 3.8) is 0 Å². The molecule has 3 saturated carbocycles. The fourth-order valence-electron chi connectivity index (χ4n) is 19.1. The molecule has 5 aromatic heterocycles. The van der Waals surface area contributed by atoms with Crippen molar-refractivity contribution in [3.8, 4) is 56.3 Å². The van der Waals surface area contributed by atoms with E-state index in [4.69, 9.17) is 0 Å². The third-order valence-electron chi connectivity index (χ3n) is 26.6. The fraction of sp³-hybridized carbons (Fsp3) is 0.491. The van der Waals surface area contributed by atoms with Gasteiger partial charge in [0, 0.05) is 0 Å². The molecule has 3 fully saturated rings. The Morgan fingerprint density at radius 1 is 0.297 bits per heavy atom. The van der Waals surface area contributed by atoms with E-state index in [0.29, 0.717) is 0 Å². The molecular weight excluding hydrogens is 1730 g/mol. The van der Waals surface area contributed by atoms with E-state index < -0.39 is 66.3 Å². The Hall–Kier alpha value is -5.44. The Bertz CT molecular complexity index is 4860. The van der Waals surface area contributed by atoms with Gasteiger partial charge in [0.05, 0.1) is 0 Å². The minimum absolute atomic E-state index is 0.746. The summed E-state index contributed by atoms with van der Waals surface area (Å²) in [5, 5.41) is 0. The molecule has 632 valence electrons. The minimum atomic E-state index is -1.90. The van der Waals surface area contributed by atoms with Crippen LogP contribution in [0.5, 0.6) is 0 Å². The second-order valence-corrected chi connectivity index (χ2v) is 94.4. The molecule has 3 aliphatic rings. The summed E-state index contributed by atoms with van der Waals surface area (Å²) in [6.07, 6.45) is 38.1. The molecule has 10 aromatic rings. The molecule has 5 heterocycles. The summed E-state index contributed by atoms with van der Waals surface area (Å²) < 4.78 is 20.2. The average molecular weight is 1890 g/mol. The van der Waals surface area contributed by atoms with Crippen molar-refractivity contribution < 1.29 is 22.8 Å². The molecule has 118 heavy (non-hydrogen) atoms. The molecule has 5 aromatic carbocycles. The first-order chi connectivity index (χ1) is 55.6. The van der Waals surface area contributed by atoms with Gasteiger partial charge in [0.2, 0.25) is 0 Å². The monoisotopic (exact) mass is 1900 g/mol. The summed E-state index contributed by atoms with van der Waals surface area (Å²) in [5.74, 6) is 41.9. The molecule has 0 bridgehead atoms. The van der Waals surface area contributed by atoms with Gasteiger partial charge in [0.25, 0.3) is 0 Å². The number of aromatic nitrogens is 5. The molecule has 0 N–H and O–H groups in total. The van der Waals surface area contributed by atoms with Crippen molar-refractivity contribution in [2.45, 2.75) is 282 Å². The van der Waals surface area contributed by atoms with Crippen molar-refractivity contribution >= 4 is 88.3 Å². The number of rotatable bonds is 21. The predicted molar refractivity (Wildman–Crippen MR) is 527 cm³/mol. The van der Waals surface area contributed by atoms with Crippen LogP contribution in [0.2, 0.25) is 86.3 Å². The molecule has 0 aliphatic heterocycles. The first-order valence-electron chi connectivity index (χ1n) is 46.1. The third kappa shape index (κ3) is 25.6. The van der Waals surface area contributed by atoms with Crippen molar-refractivity contribution in [2.75, 3.05) is 0 Å². The van der Waals surface area contributed by atoms with E-state index in [0.717, 1.165) is 29.6 Å². The van der Waals surface area contributed by atoms with Gasteiger partial charge in [-0.25, -0.2) is 0 Å². The van der Waals surface area contributed by atoms with Crippen LogP contribution in [0, 0.1) is 52.4 Å². The van der Waals surface area contributed by atoms with Crippen LogP contribution >= 0.6 is 0 Å². The third-order valence-corrected chi connectivity index (χ3v) is 48.1. The summed E-state index contributed by atoms with van der Waals surface area (Å²) in [4.78, 5) is 0. The van der Waals surface area contributed by atoms with Crippen LogP contribution in [0.3, 0.4) is 0 Å². The molecule has 10 heteroatoms. The standard InChI is InChI=1S/2C22H32GeN.C22H34GeN.C21H30GeN.C21H32GeN/c1-17-10-6-9-13-20(17)22-15-19(14-18-11-7-8-12-18)21(16-24(22)5)23(2,3)4;1-17-11-9-10-14-19(17)22-15-20(18-12-7-6-8-13-18)21(16-24(22)5)23(2,3)4;1-8-18(9-2)14-19-15-22(20-13-11-10-12-17(20)3)24(7)16-21(19)23(4,5)6;1-16-10-6-9-13-18(16)21-14-19(17-11-7-8-12-17)20(15-23(21)5)22(2,3)4;1-8-16(2)13-18-14-21(19-12-10-9-11-17(19)3)23(7)15-20(18)22(4,5)6/h6,9-10,13,15-16,18H,7-8,11-12,14H2,1-5H3;9-11,14-16,18H,6-8,12-13H2,1-5H3;10-13,15-16,18H,8-9,14H2,1-7H3;6,9-10,13-15,17H,7-8,11-12H2,1-5H3;9-12,14-16H,8,13H2,1-7H3/q5*+1. The van der Waals surface area contributed by atoms with Gasteiger partial charge in [0.1, 0.15) is 0 Å². The summed E-state index contributed by atoms with van der Waals surface area (Å²) in [5.41, 5.74) is 28.7. The van der Waals surface area contributed by atoms with Crippen LogP contribution < -0.4 is 44.8 Å². The van der Waals surface area contributed by atoms with Gasteiger partial charge in [-0.2, -0.15) is 0 Å². The molecule has 0 saturated heterocycles. The normalized spacial score (nSPS) is 14.7. The molecular formula is C108H160Ge5N5+5. The Morgan fingerprint density at radius 3 is 0.822 bits per heavy atom. The zero-order valence-electron chi connectivity index (χ0n) is 79.9. The van der Waals surface area contributed by atoms with E-state index in [-0.39, 0.29) is 0 Å². The van der Waals surface area contributed by atoms with Crippen LogP contribution in [0.1, 0.15) is 198 Å². The number of nitrogens with zero attached hydrogens (tertiary/aromatic N) is 5. The van der Waals surface area contributed by atoms with Crippen molar-refractivity contribution in [2.24, 2.45) is 53.0 Å². The number of benzene rings is 5. The summed E-state index contributed by atoms with van der Waals surface area (Å²) in [7, 11) is 11.1. The van der Waals surface area contributed by atoms with Gasteiger partial charge < -0.3 is 0 Å². The second kappa shape index (κ2) is 42.8. The van der Waals surface area contributed by atoms with Gasteiger partial charge >= 0.3 is 741 Å². The first kappa shape index (κ1) is 96.4. The van der Waals surface area contributed by atoms with E-state index in [1.165, 1.54) is 206 Å². The Balaban J connectivity index is 0.000000168. The quantitative estimate of drug-likeness (QED) is 0.0505. The predicted octanol–water partition coefficient (Wildman–Crippen LogP) is 24.2. The van der Waals surface area contributed by atoms with Gasteiger partial charge in [-0.3, -0.25) is 0 Å². The maximum atomic E-state index is 2.55.